The van der Waals surface area contributed by atoms with E-state index in [1.807, 2.05) is 13.0 Å². The van der Waals surface area contributed by atoms with Crippen molar-refractivity contribution >= 4 is 0 Å². The maximum Gasteiger partial charge on any atom is 0.0487 e. The highest BCUT2D eigenvalue weighted by Gasteiger charge is 2.20. The standard InChI is InChI=1S/C9H18O2/c1-3-5-9(2,8-11)6-4-7-10/h3,10-11H,1,4-8H2,2H3. The smallest absolute Gasteiger partial charge is 0.0487 e. The molecule has 2 heteroatoms. The minimum Gasteiger partial charge on any atom is -0.396 e. The summed E-state index contributed by atoms with van der Waals surface area (Å²) in [7, 11) is 0. The van der Waals surface area contributed by atoms with Crippen LogP contribution in [-0.4, -0.2) is 23.4 Å². The summed E-state index contributed by atoms with van der Waals surface area (Å²) in [6, 6.07) is 0. The van der Waals surface area contributed by atoms with Crippen LogP contribution in [0.4, 0.5) is 0 Å². The van der Waals surface area contributed by atoms with Gasteiger partial charge in [-0.1, -0.05) is 13.0 Å². The third-order valence-electron chi connectivity index (χ3n) is 1.96. The van der Waals surface area contributed by atoms with Crippen LogP contribution in [0, 0.1) is 5.41 Å². The second-order valence-electron chi connectivity index (χ2n) is 3.29. The highest BCUT2D eigenvalue weighted by atomic mass is 16.3. The van der Waals surface area contributed by atoms with E-state index < -0.39 is 0 Å². The molecule has 11 heavy (non-hydrogen) atoms. The Hall–Kier alpha value is -0.340. The van der Waals surface area contributed by atoms with Gasteiger partial charge in [-0.25, -0.2) is 0 Å². The third kappa shape index (κ3) is 4.17. The quantitative estimate of drug-likeness (QED) is 0.572. The van der Waals surface area contributed by atoms with Crippen molar-refractivity contribution in [2.24, 2.45) is 5.41 Å². The van der Waals surface area contributed by atoms with Crippen molar-refractivity contribution in [2.45, 2.75) is 26.2 Å². The summed E-state index contributed by atoms with van der Waals surface area (Å²) >= 11 is 0. The molecule has 0 spiro atoms. The molecule has 0 aliphatic heterocycles. The summed E-state index contributed by atoms with van der Waals surface area (Å²) in [5, 5.41) is 17.6. The Labute approximate surface area is 68.6 Å². The average molecular weight is 158 g/mol. The summed E-state index contributed by atoms with van der Waals surface area (Å²) < 4.78 is 0. The van der Waals surface area contributed by atoms with E-state index >= 15 is 0 Å². The maximum absolute atomic E-state index is 9.01. The topological polar surface area (TPSA) is 40.5 Å². The van der Waals surface area contributed by atoms with Gasteiger partial charge in [0.2, 0.25) is 0 Å². The Morgan fingerprint density at radius 2 is 2.09 bits per heavy atom. The second-order valence-corrected chi connectivity index (χ2v) is 3.29. The van der Waals surface area contributed by atoms with Crippen molar-refractivity contribution in [1.29, 1.82) is 0 Å². The molecule has 1 unspecified atom stereocenters. The molecule has 0 saturated heterocycles. The number of allylic oxidation sites excluding steroid dienone is 1. The molecule has 0 aromatic rings. The van der Waals surface area contributed by atoms with Crippen molar-refractivity contribution in [2.75, 3.05) is 13.2 Å². The number of hydrogen-bond donors (Lipinski definition) is 2. The van der Waals surface area contributed by atoms with Gasteiger partial charge in [0.25, 0.3) is 0 Å². The lowest BCUT2D eigenvalue weighted by Gasteiger charge is -2.25. The van der Waals surface area contributed by atoms with E-state index in [-0.39, 0.29) is 18.6 Å². The molecule has 0 aromatic carbocycles. The number of aliphatic hydroxyl groups is 2. The molecule has 1 atom stereocenters. The van der Waals surface area contributed by atoms with Crippen LogP contribution in [0.3, 0.4) is 0 Å². The van der Waals surface area contributed by atoms with Gasteiger partial charge in [0.05, 0.1) is 0 Å². The largest absolute Gasteiger partial charge is 0.396 e. The van der Waals surface area contributed by atoms with Gasteiger partial charge in [-0.3, -0.25) is 0 Å². The van der Waals surface area contributed by atoms with E-state index in [0.717, 1.165) is 19.3 Å². The van der Waals surface area contributed by atoms with Crippen LogP contribution < -0.4 is 0 Å². The molecule has 0 aromatic heterocycles. The highest BCUT2D eigenvalue weighted by molar-refractivity contribution is 4.82. The predicted octanol–water partition coefficient (Wildman–Crippen LogP) is 1.33. The summed E-state index contributed by atoms with van der Waals surface area (Å²) in [5.74, 6) is 0. The van der Waals surface area contributed by atoms with Crippen LogP contribution in [0.25, 0.3) is 0 Å². The lowest BCUT2D eigenvalue weighted by atomic mass is 9.83. The Bertz CT molecular complexity index is 112. The molecule has 66 valence electrons. The van der Waals surface area contributed by atoms with Gasteiger partial charge in [-0.2, -0.15) is 0 Å². The molecule has 2 nitrogen and oxygen atoms in total. The molecular weight excluding hydrogens is 140 g/mol. The van der Waals surface area contributed by atoms with Crippen LogP contribution in [0.5, 0.6) is 0 Å². The summed E-state index contributed by atoms with van der Waals surface area (Å²) in [4.78, 5) is 0. The van der Waals surface area contributed by atoms with Crippen LogP contribution >= 0.6 is 0 Å². The van der Waals surface area contributed by atoms with E-state index in [1.54, 1.807) is 0 Å². The number of aliphatic hydroxyl groups excluding tert-OH is 2. The van der Waals surface area contributed by atoms with E-state index in [4.69, 9.17) is 10.2 Å². The Morgan fingerprint density at radius 1 is 1.45 bits per heavy atom. The van der Waals surface area contributed by atoms with Gasteiger partial charge in [0, 0.05) is 13.2 Å². The van der Waals surface area contributed by atoms with Crippen molar-refractivity contribution in [3.8, 4) is 0 Å². The van der Waals surface area contributed by atoms with Gasteiger partial charge < -0.3 is 10.2 Å². The zero-order valence-corrected chi connectivity index (χ0v) is 7.21. The minimum atomic E-state index is -0.0789. The molecule has 0 bridgehead atoms. The first-order valence-corrected chi connectivity index (χ1v) is 4.01. The van der Waals surface area contributed by atoms with Crippen molar-refractivity contribution in [3.05, 3.63) is 12.7 Å². The fraction of sp³-hybridized carbons (Fsp3) is 0.778. The first-order chi connectivity index (χ1) is 5.18. The van der Waals surface area contributed by atoms with Crippen LogP contribution in [0.2, 0.25) is 0 Å². The van der Waals surface area contributed by atoms with Crippen LogP contribution in [-0.2, 0) is 0 Å². The van der Waals surface area contributed by atoms with E-state index in [2.05, 4.69) is 6.58 Å². The van der Waals surface area contributed by atoms with E-state index in [1.165, 1.54) is 0 Å². The fourth-order valence-corrected chi connectivity index (χ4v) is 1.10. The van der Waals surface area contributed by atoms with Gasteiger partial charge in [0.15, 0.2) is 0 Å². The molecule has 0 aliphatic carbocycles. The van der Waals surface area contributed by atoms with Gasteiger partial charge >= 0.3 is 0 Å². The van der Waals surface area contributed by atoms with Crippen molar-refractivity contribution in [1.82, 2.24) is 0 Å². The summed E-state index contributed by atoms with van der Waals surface area (Å²) in [6.45, 7) is 6.00. The van der Waals surface area contributed by atoms with Crippen molar-refractivity contribution < 1.29 is 10.2 Å². The Morgan fingerprint density at radius 3 is 2.45 bits per heavy atom. The zero-order chi connectivity index (χ0) is 8.74. The summed E-state index contributed by atoms with van der Waals surface area (Å²) in [5.41, 5.74) is -0.0789. The molecule has 2 N–H and O–H groups in total. The normalized spacial score (nSPS) is 15.9. The van der Waals surface area contributed by atoms with Gasteiger partial charge in [-0.15, -0.1) is 6.58 Å². The van der Waals surface area contributed by atoms with Gasteiger partial charge in [-0.05, 0) is 24.7 Å². The first-order valence-electron chi connectivity index (χ1n) is 4.01. The molecule has 0 rings (SSSR count). The lowest BCUT2D eigenvalue weighted by Crippen LogP contribution is -2.20. The maximum atomic E-state index is 9.01. The van der Waals surface area contributed by atoms with Gasteiger partial charge in [0.1, 0.15) is 0 Å². The molecule has 0 amide bonds. The number of hydrogen-bond acceptors (Lipinski definition) is 2. The SMILES string of the molecule is C=CCC(C)(CO)CCCO. The fourth-order valence-electron chi connectivity index (χ4n) is 1.10. The Balaban J connectivity index is 3.77. The predicted molar refractivity (Wildman–Crippen MR) is 46.3 cm³/mol. The Kier molecular flexibility index (Phi) is 5.16. The molecule has 0 saturated carbocycles. The van der Waals surface area contributed by atoms with E-state index in [0.29, 0.717) is 0 Å². The number of rotatable bonds is 6. The summed E-state index contributed by atoms with van der Waals surface area (Å²) in [6.07, 6.45) is 4.23. The molecule has 0 aliphatic rings. The molecule has 0 radical (unpaired) electrons. The highest BCUT2D eigenvalue weighted by Crippen LogP contribution is 2.26. The minimum absolute atomic E-state index is 0.0789. The molecule has 0 heterocycles. The molecule has 0 fully saturated rings. The molecular formula is C9H18O2. The van der Waals surface area contributed by atoms with E-state index in [9.17, 15) is 0 Å². The third-order valence-corrected chi connectivity index (χ3v) is 1.96. The average Bonchev–Trinajstić information content (AvgIpc) is 2.02. The monoisotopic (exact) mass is 158 g/mol. The first kappa shape index (κ1) is 10.7. The van der Waals surface area contributed by atoms with Crippen LogP contribution in [0.1, 0.15) is 26.2 Å². The zero-order valence-electron chi connectivity index (χ0n) is 7.21. The van der Waals surface area contributed by atoms with Crippen LogP contribution in [0.15, 0.2) is 12.7 Å². The van der Waals surface area contributed by atoms with Crippen molar-refractivity contribution in [3.63, 3.8) is 0 Å². The second kappa shape index (κ2) is 5.33. The lowest BCUT2D eigenvalue weighted by molar-refractivity contribution is 0.124.